The van der Waals surface area contributed by atoms with Crippen LogP contribution in [-0.4, -0.2) is 8.80 Å². The van der Waals surface area contributed by atoms with E-state index in [0.717, 1.165) is 0 Å². The molecule has 0 heterocycles. The van der Waals surface area contributed by atoms with E-state index in [2.05, 4.69) is 19.6 Å². The van der Waals surface area contributed by atoms with Crippen molar-refractivity contribution >= 4 is 8.80 Å². The van der Waals surface area contributed by atoms with E-state index in [0.29, 0.717) is 0 Å². The van der Waals surface area contributed by atoms with E-state index >= 15 is 0 Å². The van der Waals surface area contributed by atoms with Crippen LogP contribution in [0.2, 0.25) is 19.6 Å². The molecule has 0 aromatic heterocycles. The molecule has 0 unspecified atom stereocenters. The normalized spacial score (nSPS) is 7.20. The molecular formula is C3H9NaSi+. The standard InChI is InChI=1S/C3H9Si.Na/c1-4(2)3;/h1-3H3;/q;+1. The van der Waals surface area contributed by atoms with E-state index in [9.17, 15) is 0 Å². The molecule has 0 N–H and O–H groups in total. The van der Waals surface area contributed by atoms with Crippen molar-refractivity contribution < 1.29 is 29.6 Å². The zero-order valence-electron chi connectivity index (χ0n) is 4.50. The quantitative estimate of drug-likeness (QED) is 0.318. The third kappa shape index (κ3) is 36.5. The zero-order valence-corrected chi connectivity index (χ0v) is 7.50. The first-order valence-electron chi connectivity index (χ1n) is 1.50. The summed E-state index contributed by atoms with van der Waals surface area (Å²) in [5.41, 5.74) is 0. The molecule has 25 valence electrons. The molecule has 0 saturated heterocycles. The Morgan fingerprint density at radius 1 is 1.00 bits per heavy atom. The van der Waals surface area contributed by atoms with Crippen LogP contribution in [-0.2, 0) is 0 Å². The van der Waals surface area contributed by atoms with Crippen molar-refractivity contribution in [3.05, 3.63) is 0 Å². The Hall–Kier alpha value is 1.22. The van der Waals surface area contributed by atoms with Gasteiger partial charge in [-0.3, -0.25) is 0 Å². The second-order valence-electron chi connectivity index (χ2n) is 1.50. The molecule has 1 radical (unpaired) electrons. The minimum Gasteiger partial charge on any atom is -0.0715 e. The Morgan fingerprint density at radius 2 is 1.00 bits per heavy atom. The van der Waals surface area contributed by atoms with Gasteiger partial charge in [-0.05, 0) is 0 Å². The van der Waals surface area contributed by atoms with Gasteiger partial charge in [0.1, 0.15) is 0 Å². The molecule has 0 aliphatic rings. The maximum atomic E-state index is 2.27. The average Bonchev–Trinajstić information content (AvgIpc) is 0.811. The van der Waals surface area contributed by atoms with Crippen molar-refractivity contribution in [2.45, 2.75) is 19.6 Å². The van der Waals surface area contributed by atoms with Crippen molar-refractivity contribution in [3.8, 4) is 0 Å². The Labute approximate surface area is 57.9 Å². The van der Waals surface area contributed by atoms with Crippen LogP contribution in [0.15, 0.2) is 0 Å². The molecule has 0 aliphatic heterocycles. The van der Waals surface area contributed by atoms with Crippen LogP contribution in [0.4, 0.5) is 0 Å². The van der Waals surface area contributed by atoms with Gasteiger partial charge in [0.05, 0.1) is 0 Å². The monoisotopic (exact) mass is 96.0 g/mol. The van der Waals surface area contributed by atoms with Gasteiger partial charge in [0.2, 0.25) is 0 Å². The first-order chi connectivity index (χ1) is 1.73. The first kappa shape index (κ1) is 9.52. The van der Waals surface area contributed by atoms with Gasteiger partial charge in [0.15, 0.2) is 0 Å². The Balaban J connectivity index is 0. The summed E-state index contributed by atoms with van der Waals surface area (Å²) in [5.74, 6) is 0. The molecule has 0 fully saturated rings. The molecule has 0 amide bonds. The molecule has 0 aromatic rings. The predicted molar refractivity (Wildman–Crippen MR) is 23.3 cm³/mol. The number of hydrogen-bond donors (Lipinski definition) is 0. The number of rotatable bonds is 0. The van der Waals surface area contributed by atoms with Crippen LogP contribution in [0.1, 0.15) is 0 Å². The van der Waals surface area contributed by atoms with E-state index < -0.39 is 0 Å². The van der Waals surface area contributed by atoms with Gasteiger partial charge in [-0.25, -0.2) is 0 Å². The summed E-state index contributed by atoms with van der Waals surface area (Å²) in [5, 5.41) is 0. The van der Waals surface area contributed by atoms with Crippen LogP contribution in [0, 0.1) is 0 Å². The summed E-state index contributed by atoms with van der Waals surface area (Å²) in [7, 11) is 0.120. The molecule has 5 heavy (non-hydrogen) atoms. The minimum absolute atomic E-state index is 0. The molecule has 0 rings (SSSR count). The van der Waals surface area contributed by atoms with Crippen LogP contribution >= 0.6 is 0 Å². The predicted octanol–water partition coefficient (Wildman–Crippen LogP) is -1.63. The van der Waals surface area contributed by atoms with Gasteiger partial charge in [0, 0.05) is 8.80 Å². The molecule has 0 saturated carbocycles. The molecular weight excluding hydrogens is 87.1 g/mol. The maximum absolute atomic E-state index is 2.27. The average molecular weight is 96.2 g/mol. The second kappa shape index (κ2) is 5.22. The van der Waals surface area contributed by atoms with Crippen LogP contribution in [0.25, 0.3) is 0 Å². The Bertz CT molecular complexity index is 11.6. The fraction of sp³-hybridized carbons (Fsp3) is 1.00. The maximum Gasteiger partial charge on any atom is 1.00 e. The molecule has 2 heteroatoms. The topological polar surface area (TPSA) is 0 Å². The van der Waals surface area contributed by atoms with Crippen molar-refractivity contribution in [2.24, 2.45) is 0 Å². The van der Waals surface area contributed by atoms with Crippen LogP contribution in [0.3, 0.4) is 0 Å². The third-order valence-corrected chi connectivity index (χ3v) is 0. The third-order valence-electron chi connectivity index (χ3n) is 0. The van der Waals surface area contributed by atoms with Crippen molar-refractivity contribution in [1.82, 2.24) is 0 Å². The smallest absolute Gasteiger partial charge is 0.0715 e. The first-order valence-corrected chi connectivity index (χ1v) is 4.50. The van der Waals surface area contributed by atoms with E-state index in [-0.39, 0.29) is 38.4 Å². The Kier molecular flexibility index (Phi) is 9.93. The fourth-order valence-electron chi connectivity index (χ4n) is 0. The zero-order chi connectivity index (χ0) is 3.58. The van der Waals surface area contributed by atoms with Gasteiger partial charge in [-0.1, -0.05) is 19.6 Å². The summed E-state index contributed by atoms with van der Waals surface area (Å²) in [4.78, 5) is 0. The number of hydrogen-bond acceptors (Lipinski definition) is 0. The van der Waals surface area contributed by atoms with Crippen molar-refractivity contribution in [1.29, 1.82) is 0 Å². The molecule has 0 aromatic carbocycles. The molecule has 0 nitrogen and oxygen atoms in total. The van der Waals surface area contributed by atoms with E-state index in [1.54, 1.807) is 0 Å². The van der Waals surface area contributed by atoms with E-state index in [4.69, 9.17) is 0 Å². The van der Waals surface area contributed by atoms with Gasteiger partial charge in [0.25, 0.3) is 0 Å². The summed E-state index contributed by atoms with van der Waals surface area (Å²) in [6.07, 6.45) is 0. The summed E-state index contributed by atoms with van der Waals surface area (Å²) >= 11 is 0. The van der Waals surface area contributed by atoms with Crippen molar-refractivity contribution in [3.63, 3.8) is 0 Å². The Morgan fingerprint density at radius 3 is 1.00 bits per heavy atom. The molecule has 0 spiro atoms. The van der Waals surface area contributed by atoms with Crippen molar-refractivity contribution in [2.75, 3.05) is 0 Å². The molecule has 0 aliphatic carbocycles. The van der Waals surface area contributed by atoms with E-state index in [1.165, 1.54) is 0 Å². The van der Waals surface area contributed by atoms with E-state index in [1.807, 2.05) is 0 Å². The van der Waals surface area contributed by atoms with Gasteiger partial charge in [-0.2, -0.15) is 0 Å². The summed E-state index contributed by atoms with van der Waals surface area (Å²) < 4.78 is 0. The molecule has 0 atom stereocenters. The van der Waals surface area contributed by atoms with Gasteiger partial charge in [-0.15, -0.1) is 0 Å². The largest absolute Gasteiger partial charge is 1.00 e. The summed E-state index contributed by atoms with van der Waals surface area (Å²) in [6, 6.07) is 0. The fourth-order valence-corrected chi connectivity index (χ4v) is 0. The summed E-state index contributed by atoms with van der Waals surface area (Å²) in [6.45, 7) is 6.81. The second-order valence-corrected chi connectivity index (χ2v) is 4.50. The SMILES string of the molecule is C[Si](C)C.[Na+]. The van der Waals surface area contributed by atoms with Crippen LogP contribution in [0.5, 0.6) is 0 Å². The minimum atomic E-state index is 0. The van der Waals surface area contributed by atoms with Gasteiger partial charge < -0.3 is 0 Å². The van der Waals surface area contributed by atoms with Crippen LogP contribution < -0.4 is 29.6 Å². The molecule has 0 bridgehead atoms. The van der Waals surface area contributed by atoms with Gasteiger partial charge >= 0.3 is 29.6 Å².